The summed E-state index contributed by atoms with van der Waals surface area (Å²) < 4.78 is 50.7. The van der Waals surface area contributed by atoms with Crippen molar-refractivity contribution in [1.29, 1.82) is 0 Å². The number of anilines is 1. The van der Waals surface area contributed by atoms with E-state index in [4.69, 9.17) is 26.8 Å². The molecule has 236 valence electrons. The third-order valence-corrected chi connectivity index (χ3v) is 7.40. The van der Waals surface area contributed by atoms with E-state index in [1.807, 2.05) is 0 Å². The summed E-state index contributed by atoms with van der Waals surface area (Å²) >= 11 is 5.99. The molecule has 3 aromatic carbocycles. The lowest BCUT2D eigenvalue weighted by molar-refractivity contribution is -0.141. The third-order valence-electron chi connectivity index (χ3n) is 7.14. The van der Waals surface area contributed by atoms with E-state index in [1.54, 1.807) is 78.9 Å². The van der Waals surface area contributed by atoms with E-state index in [2.05, 4.69) is 10.3 Å². The number of aromatic nitrogens is 1. The van der Waals surface area contributed by atoms with Crippen LogP contribution < -0.4 is 25.4 Å². The Morgan fingerprint density at radius 1 is 0.911 bits per heavy atom. The highest BCUT2D eigenvalue weighted by atomic mass is 35.5. The number of nitrogens with one attached hydrogen (secondary N) is 1. The minimum Gasteiger partial charge on any atom is -0.493 e. The molecule has 0 spiro atoms. The van der Waals surface area contributed by atoms with Gasteiger partial charge in [0.05, 0.1) is 25.8 Å². The van der Waals surface area contributed by atoms with Crippen molar-refractivity contribution >= 4 is 29.1 Å². The van der Waals surface area contributed by atoms with Gasteiger partial charge in [-0.15, -0.1) is 11.6 Å². The molecule has 8 nitrogen and oxygen atoms in total. The van der Waals surface area contributed by atoms with Crippen LogP contribution in [-0.2, 0) is 28.1 Å². The average Bonchev–Trinajstić information content (AvgIpc) is 3.06. The molecule has 45 heavy (non-hydrogen) atoms. The van der Waals surface area contributed by atoms with Crippen LogP contribution in [0.3, 0.4) is 0 Å². The van der Waals surface area contributed by atoms with Gasteiger partial charge >= 0.3 is 6.18 Å². The van der Waals surface area contributed by atoms with E-state index in [0.29, 0.717) is 33.9 Å². The molecule has 0 fully saturated rings. The Morgan fingerprint density at radius 3 is 2.11 bits per heavy atom. The number of nitrogens with zero attached hydrogens (tertiary/aromatic N) is 2. The average molecular weight is 641 g/mol. The van der Waals surface area contributed by atoms with Gasteiger partial charge in [0.25, 0.3) is 5.91 Å². The van der Waals surface area contributed by atoms with Gasteiger partial charge in [-0.1, -0.05) is 66.7 Å². The molecule has 0 saturated carbocycles. The molecule has 12 heteroatoms. The van der Waals surface area contributed by atoms with Crippen molar-refractivity contribution in [3.05, 3.63) is 119 Å². The molecule has 0 aliphatic rings. The van der Waals surface area contributed by atoms with Gasteiger partial charge in [0.1, 0.15) is 17.8 Å². The number of pyridine rings is 1. The topological polar surface area (TPSA) is 107 Å². The predicted molar refractivity (Wildman–Crippen MR) is 165 cm³/mol. The van der Waals surface area contributed by atoms with Gasteiger partial charge in [-0.3, -0.25) is 9.59 Å². The molecule has 0 saturated heterocycles. The Hall–Kier alpha value is -4.61. The maximum absolute atomic E-state index is 14.5. The number of amides is 2. The first kappa shape index (κ1) is 33.3. The molecule has 1 aromatic heterocycles. The van der Waals surface area contributed by atoms with Gasteiger partial charge in [-0.05, 0) is 41.3 Å². The van der Waals surface area contributed by atoms with Crippen LogP contribution in [0, 0.1) is 0 Å². The van der Waals surface area contributed by atoms with Crippen LogP contribution in [0.25, 0.3) is 0 Å². The summed E-state index contributed by atoms with van der Waals surface area (Å²) in [5.74, 6) is -0.589. The summed E-state index contributed by atoms with van der Waals surface area (Å²) in [6.07, 6.45) is -4.53. The van der Waals surface area contributed by atoms with Crippen molar-refractivity contribution in [1.82, 2.24) is 10.3 Å². The van der Waals surface area contributed by atoms with Crippen LogP contribution in [0.1, 0.15) is 40.2 Å². The van der Waals surface area contributed by atoms with Gasteiger partial charge in [-0.2, -0.15) is 13.2 Å². The van der Waals surface area contributed by atoms with E-state index in [0.717, 1.165) is 6.07 Å². The van der Waals surface area contributed by atoms with E-state index in [-0.39, 0.29) is 24.5 Å². The molecule has 4 rings (SSSR count). The largest absolute Gasteiger partial charge is 0.493 e. The van der Waals surface area contributed by atoms with Crippen molar-refractivity contribution in [2.75, 3.05) is 25.7 Å². The highest BCUT2D eigenvalue weighted by Crippen LogP contribution is 2.34. The van der Waals surface area contributed by atoms with E-state index >= 15 is 0 Å². The summed E-state index contributed by atoms with van der Waals surface area (Å²) in [6, 6.07) is 22.2. The SMILES string of the molecule is COc1ccc(N(CCc2ccc(C(F)(F)F)nc2CCl)C(=O)[C@@H](NC(=O)[C@@H](N)c2ccccc2)c2ccccc2)cc1OC. The quantitative estimate of drug-likeness (QED) is 0.184. The molecule has 2 amide bonds. The van der Waals surface area contributed by atoms with E-state index in [9.17, 15) is 22.8 Å². The fourth-order valence-electron chi connectivity index (χ4n) is 4.76. The molecule has 0 aliphatic carbocycles. The number of nitrogens with two attached hydrogens (primary N) is 1. The molecule has 0 unspecified atom stereocenters. The zero-order valence-corrected chi connectivity index (χ0v) is 25.3. The maximum Gasteiger partial charge on any atom is 0.433 e. The normalized spacial score (nSPS) is 12.6. The first-order valence-corrected chi connectivity index (χ1v) is 14.4. The monoisotopic (exact) mass is 640 g/mol. The van der Waals surface area contributed by atoms with Gasteiger partial charge in [0, 0.05) is 18.3 Å². The Kier molecular flexibility index (Phi) is 11.0. The highest BCUT2D eigenvalue weighted by molar-refractivity contribution is 6.17. The number of ether oxygens (including phenoxy) is 2. The van der Waals surface area contributed by atoms with Crippen molar-refractivity contribution in [2.45, 2.75) is 30.6 Å². The number of rotatable bonds is 12. The summed E-state index contributed by atoms with van der Waals surface area (Å²) in [6.45, 7) is -0.00477. The molecule has 0 aliphatic heterocycles. The Labute approximate surface area is 263 Å². The lowest BCUT2D eigenvalue weighted by Gasteiger charge is -2.30. The molecule has 0 radical (unpaired) electrons. The first-order chi connectivity index (χ1) is 21.6. The van der Waals surface area contributed by atoms with Gasteiger partial charge in [0.2, 0.25) is 5.91 Å². The first-order valence-electron chi connectivity index (χ1n) is 13.9. The lowest BCUT2D eigenvalue weighted by Crippen LogP contribution is -2.46. The van der Waals surface area contributed by atoms with E-state index < -0.39 is 35.8 Å². The van der Waals surface area contributed by atoms with Crippen molar-refractivity contribution in [3.8, 4) is 11.5 Å². The zero-order valence-electron chi connectivity index (χ0n) is 24.6. The predicted octanol–water partition coefficient (Wildman–Crippen LogP) is 5.99. The molecule has 4 aromatic rings. The van der Waals surface area contributed by atoms with Crippen molar-refractivity contribution < 1.29 is 32.2 Å². The number of hydrogen-bond acceptors (Lipinski definition) is 6. The van der Waals surface area contributed by atoms with Crippen LogP contribution in [0.4, 0.5) is 18.9 Å². The number of halogens is 4. The minimum atomic E-state index is -4.64. The second-order valence-electron chi connectivity index (χ2n) is 9.95. The summed E-state index contributed by atoms with van der Waals surface area (Å²) in [5.41, 5.74) is 7.15. The third kappa shape index (κ3) is 8.11. The van der Waals surface area contributed by atoms with Gasteiger partial charge in [-0.25, -0.2) is 4.98 Å². The molecular weight excluding hydrogens is 609 g/mol. The van der Waals surface area contributed by atoms with Crippen LogP contribution in [0.5, 0.6) is 11.5 Å². The van der Waals surface area contributed by atoms with E-state index in [1.165, 1.54) is 25.2 Å². The van der Waals surface area contributed by atoms with Gasteiger partial charge in [0.15, 0.2) is 11.5 Å². The number of carbonyl (C=O) groups excluding carboxylic acids is 2. The van der Waals surface area contributed by atoms with Crippen LogP contribution in [0.2, 0.25) is 0 Å². The number of alkyl halides is 4. The van der Waals surface area contributed by atoms with Crippen LogP contribution >= 0.6 is 11.6 Å². The molecule has 1 heterocycles. The van der Waals surface area contributed by atoms with Crippen molar-refractivity contribution in [3.63, 3.8) is 0 Å². The molecular formula is C33H32ClF3N4O4. The summed E-state index contributed by atoms with van der Waals surface area (Å²) in [7, 11) is 2.93. The molecule has 2 atom stereocenters. The second kappa shape index (κ2) is 14.9. The Balaban J connectivity index is 1.73. The Bertz CT molecular complexity index is 1610. The standard InChI is InChI=1S/C33H32ClF3N4O4/c1-44-26-15-14-24(19-27(26)45-2)41(18-17-21-13-16-28(33(35,36)37)39-25(21)20-34)32(43)30(23-11-7-4-8-12-23)40-31(42)29(38)22-9-5-3-6-10-22/h3-16,19,29-30H,17-18,20,38H2,1-2H3,(H,40,42)/t29-,30-/m0/s1. The van der Waals surface area contributed by atoms with Crippen LogP contribution in [0.15, 0.2) is 91.0 Å². The zero-order chi connectivity index (χ0) is 32.6. The second-order valence-corrected chi connectivity index (χ2v) is 10.2. The van der Waals surface area contributed by atoms with Gasteiger partial charge < -0.3 is 25.4 Å². The maximum atomic E-state index is 14.5. The molecule has 0 bridgehead atoms. The Morgan fingerprint density at radius 2 is 1.53 bits per heavy atom. The number of carbonyl (C=O) groups is 2. The number of hydrogen-bond donors (Lipinski definition) is 2. The summed E-state index contributed by atoms with van der Waals surface area (Å²) in [5, 5.41) is 2.81. The minimum absolute atomic E-state index is 0.00477. The number of benzene rings is 3. The highest BCUT2D eigenvalue weighted by Gasteiger charge is 2.34. The smallest absolute Gasteiger partial charge is 0.433 e. The fraction of sp³-hybridized carbons (Fsp3) is 0.242. The number of methoxy groups -OCH3 is 2. The molecule has 3 N–H and O–H groups in total. The van der Waals surface area contributed by atoms with Crippen molar-refractivity contribution in [2.24, 2.45) is 5.73 Å². The lowest BCUT2D eigenvalue weighted by atomic mass is 10.0. The fourth-order valence-corrected chi connectivity index (χ4v) is 4.99. The van der Waals surface area contributed by atoms with Crippen LogP contribution in [-0.4, -0.2) is 37.6 Å². The summed E-state index contributed by atoms with van der Waals surface area (Å²) in [4.78, 5) is 33.0.